The molecule has 2 aromatic rings. The molecule has 21 heavy (non-hydrogen) atoms. The second kappa shape index (κ2) is 5.37. The van der Waals surface area contributed by atoms with Crippen LogP contribution in [0.2, 0.25) is 0 Å². The minimum Gasteiger partial charge on any atom is -0.393 e. The van der Waals surface area contributed by atoms with Crippen LogP contribution in [-0.2, 0) is 10.0 Å². The van der Waals surface area contributed by atoms with Crippen LogP contribution >= 0.6 is 0 Å². The normalized spacial score (nSPS) is 11.1. The van der Waals surface area contributed by atoms with Crippen LogP contribution in [0.5, 0.6) is 0 Å². The lowest BCUT2D eigenvalue weighted by Crippen LogP contribution is -2.13. The summed E-state index contributed by atoms with van der Waals surface area (Å²) in [6.07, 6.45) is 0. The number of rotatable bonds is 4. The van der Waals surface area contributed by atoms with Gasteiger partial charge in [-0.3, -0.25) is 14.8 Å². The summed E-state index contributed by atoms with van der Waals surface area (Å²) in [7, 11) is -4.08. The molecule has 0 spiro atoms. The van der Waals surface area contributed by atoms with E-state index >= 15 is 0 Å². The summed E-state index contributed by atoms with van der Waals surface area (Å²) in [4.78, 5) is 9.64. The van der Waals surface area contributed by atoms with E-state index in [-0.39, 0.29) is 16.3 Å². The Balaban J connectivity index is 2.40. The maximum absolute atomic E-state index is 13.0. The van der Waals surface area contributed by atoms with Crippen molar-refractivity contribution in [1.29, 1.82) is 0 Å². The molecule has 0 saturated carbocycles. The molecule has 0 saturated heterocycles. The van der Waals surface area contributed by atoms with E-state index in [9.17, 15) is 22.9 Å². The van der Waals surface area contributed by atoms with E-state index in [1.54, 1.807) is 0 Å². The van der Waals surface area contributed by atoms with Gasteiger partial charge in [0, 0.05) is 6.07 Å². The van der Waals surface area contributed by atoms with E-state index in [0.29, 0.717) is 0 Å². The van der Waals surface area contributed by atoms with E-state index in [1.807, 2.05) is 0 Å². The molecule has 0 fully saturated rings. The number of nitrogens with two attached hydrogens (primary N) is 1. The lowest BCUT2D eigenvalue weighted by molar-refractivity contribution is -0.384. The summed E-state index contributed by atoms with van der Waals surface area (Å²) >= 11 is 0. The number of nitrogen functional groups attached to an aromatic ring is 1. The van der Waals surface area contributed by atoms with Crippen LogP contribution in [0.3, 0.4) is 0 Å². The van der Waals surface area contributed by atoms with Crippen molar-refractivity contribution in [3.05, 3.63) is 58.4 Å². The monoisotopic (exact) mass is 311 g/mol. The predicted molar refractivity (Wildman–Crippen MR) is 74.7 cm³/mol. The molecule has 0 aromatic heterocycles. The Kier molecular flexibility index (Phi) is 3.76. The lowest BCUT2D eigenvalue weighted by atomic mass is 10.3. The van der Waals surface area contributed by atoms with E-state index in [0.717, 1.165) is 30.3 Å². The summed E-state index contributed by atoms with van der Waals surface area (Å²) in [6, 6.07) is 7.93. The standard InChI is InChI=1S/C12H10FN3O4S/c13-8-2-1-3-9(6-8)15-21(19,20)10-4-5-11(14)12(7-10)16(17)18/h1-7,15H,14H2. The molecule has 2 rings (SSSR count). The number of sulfonamides is 1. The molecule has 0 aliphatic carbocycles. The maximum Gasteiger partial charge on any atom is 0.293 e. The van der Waals surface area contributed by atoms with Gasteiger partial charge in [0.2, 0.25) is 0 Å². The van der Waals surface area contributed by atoms with Gasteiger partial charge in [-0.1, -0.05) is 6.07 Å². The summed E-state index contributed by atoms with van der Waals surface area (Å²) in [5.41, 5.74) is 4.74. The number of nitrogens with zero attached hydrogens (tertiary/aromatic N) is 1. The minimum absolute atomic E-state index is 0.00878. The van der Waals surface area contributed by atoms with Gasteiger partial charge >= 0.3 is 0 Å². The average Bonchev–Trinajstić information content (AvgIpc) is 2.38. The number of benzene rings is 2. The van der Waals surface area contributed by atoms with Gasteiger partial charge in [-0.15, -0.1) is 0 Å². The summed E-state index contributed by atoms with van der Waals surface area (Å²) in [6.45, 7) is 0. The van der Waals surface area contributed by atoms with Crippen molar-refractivity contribution in [2.24, 2.45) is 0 Å². The van der Waals surface area contributed by atoms with Crippen molar-refractivity contribution in [3.8, 4) is 0 Å². The molecule has 110 valence electrons. The highest BCUT2D eigenvalue weighted by Gasteiger charge is 2.20. The van der Waals surface area contributed by atoms with E-state index in [2.05, 4.69) is 4.72 Å². The number of anilines is 2. The van der Waals surface area contributed by atoms with Crippen LogP contribution in [0, 0.1) is 15.9 Å². The maximum atomic E-state index is 13.0. The zero-order chi connectivity index (χ0) is 15.6. The van der Waals surface area contributed by atoms with Gasteiger partial charge in [0.15, 0.2) is 0 Å². The fourth-order valence-electron chi connectivity index (χ4n) is 1.61. The van der Waals surface area contributed by atoms with Gasteiger partial charge in [0.25, 0.3) is 15.7 Å². The quantitative estimate of drug-likeness (QED) is 0.510. The topological polar surface area (TPSA) is 115 Å². The molecule has 7 nitrogen and oxygen atoms in total. The van der Waals surface area contributed by atoms with Crippen LogP contribution in [0.15, 0.2) is 47.4 Å². The third-order valence-corrected chi connectivity index (χ3v) is 3.96. The van der Waals surface area contributed by atoms with Crippen LogP contribution in [-0.4, -0.2) is 13.3 Å². The Morgan fingerprint density at radius 1 is 1.19 bits per heavy atom. The van der Waals surface area contributed by atoms with Gasteiger partial charge in [-0.25, -0.2) is 12.8 Å². The second-order valence-electron chi connectivity index (χ2n) is 4.09. The number of hydrogen-bond acceptors (Lipinski definition) is 5. The fourth-order valence-corrected chi connectivity index (χ4v) is 2.68. The SMILES string of the molecule is Nc1ccc(S(=O)(=O)Nc2cccc(F)c2)cc1[N+](=O)[O-]. The number of nitro benzene ring substituents is 1. The van der Waals surface area contributed by atoms with E-state index in [4.69, 9.17) is 5.73 Å². The van der Waals surface area contributed by atoms with E-state index < -0.39 is 26.5 Å². The Morgan fingerprint density at radius 2 is 1.90 bits per heavy atom. The molecule has 0 aliphatic rings. The average molecular weight is 311 g/mol. The Morgan fingerprint density at radius 3 is 2.52 bits per heavy atom. The van der Waals surface area contributed by atoms with Gasteiger partial charge in [-0.2, -0.15) is 0 Å². The molecule has 0 unspecified atom stereocenters. The first kappa shape index (κ1) is 14.7. The van der Waals surface area contributed by atoms with Crippen molar-refractivity contribution >= 4 is 27.1 Å². The predicted octanol–water partition coefficient (Wildman–Crippen LogP) is 2.12. The highest BCUT2D eigenvalue weighted by molar-refractivity contribution is 7.92. The Labute approximate surface area is 119 Å². The molecule has 0 aliphatic heterocycles. The molecular weight excluding hydrogens is 301 g/mol. The van der Waals surface area contributed by atoms with Crippen molar-refractivity contribution in [2.75, 3.05) is 10.5 Å². The smallest absolute Gasteiger partial charge is 0.293 e. The third kappa shape index (κ3) is 3.26. The number of halogens is 1. The molecular formula is C12H10FN3O4S. The summed E-state index contributed by atoms with van der Waals surface area (Å²) in [5.74, 6) is -0.613. The van der Waals surface area contributed by atoms with Crippen molar-refractivity contribution in [1.82, 2.24) is 0 Å². The van der Waals surface area contributed by atoms with Crippen LogP contribution in [0.25, 0.3) is 0 Å². The molecule has 0 radical (unpaired) electrons. The van der Waals surface area contributed by atoms with Crippen molar-refractivity contribution in [3.63, 3.8) is 0 Å². The molecule has 0 amide bonds. The van der Waals surface area contributed by atoms with Crippen molar-refractivity contribution in [2.45, 2.75) is 4.90 Å². The number of nitro groups is 1. The van der Waals surface area contributed by atoms with Crippen molar-refractivity contribution < 1.29 is 17.7 Å². The summed E-state index contributed by atoms with van der Waals surface area (Å²) < 4.78 is 39.4. The highest BCUT2D eigenvalue weighted by atomic mass is 32.2. The lowest BCUT2D eigenvalue weighted by Gasteiger charge is -2.08. The summed E-state index contributed by atoms with van der Waals surface area (Å²) in [5, 5.41) is 10.8. The molecule has 9 heteroatoms. The van der Waals surface area contributed by atoms with Gasteiger partial charge in [0.05, 0.1) is 15.5 Å². The zero-order valence-corrected chi connectivity index (χ0v) is 11.3. The number of nitrogens with one attached hydrogen (secondary N) is 1. The van der Waals surface area contributed by atoms with Gasteiger partial charge in [-0.05, 0) is 30.3 Å². The first-order valence-corrected chi connectivity index (χ1v) is 7.10. The highest BCUT2D eigenvalue weighted by Crippen LogP contribution is 2.26. The Hall–Kier alpha value is -2.68. The molecule has 3 N–H and O–H groups in total. The minimum atomic E-state index is -4.08. The molecule has 0 heterocycles. The molecule has 0 atom stereocenters. The van der Waals surface area contributed by atoms with Gasteiger partial charge in [0.1, 0.15) is 11.5 Å². The van der Waals surface area contributed by atoms with Crippen LogP contribution in [0.4, 0.5) is 21.5 Å². The largest absolute Gasteiger partial charge is 0.393 e. The fraction of sp³-hybridized carbons (Fsp3) is 0. The number of hydrogen-bond donors (Lipinski definition) is 2. The Bertz CT molecular complexity index is 808. The second-order valence-corrected chi connectivity index (χ2v) is 5.78. The first-order valence-electron chi connectivity index (χ1n) is 5.62. The first-order chi connectivity index (χ1) is 9.79. The van der Waals surface area contributed by atoms with Crippen LogP contribution in [0.1, 0.15) is 0 Å². The van der Waals surface area contributed by atoms with Crippen LogP contribution < -0.4 is 10.5 Å². The zero-order valence-electron chi connectivity index (χ0n) is 10.5. The third-order valence-electron chi connectivity index (χ3n) is 2.59. The molecule has 2 aromatic carbocycles. The van der Waals surface area contributed by atoms with Gasteiger partial charge < -0.3 is 5.73 Å². The molecule has 0 bridgehead atoms. The van der Waals surface area contributed by atoms with E-state index in [1.165, 1.54) is 12.1 Å².